The first-order valence-electron chi connectivity index (χ1n) is 7.66. The number of carbonyl (C=O) groups excluding carboxylic acids is 1. The summed E-state index contributed by atoms with van der Waals surface area (Å²) >= 11 is 1.41. The number of aromatic nitrogens is 1. The van der Waals surface area contributed by atoms with Gasteiger partial charge in [0.25, 0.3) is 5.91 Å². The molecular formula is C19H16N2OS. The molecular weight excluding hydrogens is 304 g/mol. The van der Waals surface area contributed by atoms with E-state index < -0.39 is 0 Å². The highest BCUT2D eigenvalue weighted by molar-refractivity contribution is 7.12. The predicted octanol–water partition coefficient (Wildman–Crippen LogP) is 4.40. The zero-order chi connectivity index (χ0) is 15.8. The van der Waals surface area contributed by atoms with Crippen LogP contribution in [-0.4, -0.2) is 16.9 Å². The van der Waals surface area contributed by atoms with Gasteiger partial charge in [0.15, 0.2) is 0 Å². The van der Waals surface area contributed by atoms with Crippen molar-refractivity contribution in [1.29, 1.82) is 0 Å². The van der Waals surface area contributed by atoms with E-state index in [9.17, 15) is 4.79 Å². The Bertz CT molecular complexity index is 857. The Kier molecular flexibility index (Phi) is 3.46. The lowest BCUT2D eigenvalue weighted by Crippen LogP contribution is -2.35. The van der Waals surface area contributed by atoms with Gasteiger partial charge in [-0.25, -0.2) is 4.98 Å². The van der Waals surface area contributed by atoms with E-state index in [1.54, 1.807) is 5.51 Å². The number of hydrogen-bond acceptors (Lipinski definition) is 3. The first kappa shape index (κ1) is 14.2. The number of para-hydroxylation sites is 1. The number of hydrogen-bond donors (Lipinski definition) is 0. The van der Waals surface area contributed by atoms with Gasteiger partial charge in [-0.05, 0) is 25.0 Å². The predicted molar refractivity (Wildman–Crippen MR) is 94.0 cm³/mol. The molecule has 0 saturated carbocycles. The second kappa shape index (κ2) is 5.63. The lowest BCUT2D eigenvalue weighted by Gasteiger charge is -2.22. The van der Waals surface area contributed by atoms with Crippen LogP contribution in [0.25, 0.3) is 11.3 Å². The Hall–Kier alpha value is -2.46. The van der Waals surface area contributed by atoms with E-state index in [2.05, 4.69) is 18.0 Å². The molecule has 0 saturated heterocycles. The van der Waals surface area contributed by atoms with Crippen LogP contribution in [0.1, 0.15) is 22.2 Å². The molecule has 4 rings (SSSR count). The number of benzene rings is 2. The maximum atomic E-state index is 13.2. The van der Waals surface area contributed by atoms with Crippen LogP contribution in [0, 0.1) is 0 Å². The zero-order valence-electron chi connectivity index (χ0n) is 12.8. The molecule has 23 heavy (non-hydrogen) atoms. The largest absolute Gasteiger partial charge is 0.304 e. The SMILES string of the molecule is CC1Cc2ccccc2N1C(=O)c1scnc1-c1ccccc1. The maximum absolute atomic E-state index is 13.2. The highest BCUT2D eigenvalue weighted by Crippen LogP contribution is 2.35. The third-order valence-corrected chi connectivity index (χ3v) is 5.05. The van der Waals surface area contributed by atoms with E-state index >= 15 is 0 Å². The van der Waals surface area contributed by atoms with Crippen LogP contribution < -0.4 is 4.90 Å². The summed E-state index contributed by atoms with van der Waals surface area (Å²) in [6.07, 6.45) is 0.904. The van der Waals surface area contributed by atoms with Crippen molar-refractivity contribution in [3.8, 4) is 11.3 Å². The monoisotopic (exact) mass is 320 g/mol. The number of nitrogens with zero attached hydrogens (tertiary/aromatic N) is 2. The first-order chi connectivity index (χ1) is 11.3. The molecule has 0 N–H and O–H groups in total. The van der Waals surface area contributed by atoms with Gasteiger partial charge >= 0.3 is 0 Å². The third kappa shape index (κ3) is 2.35. The smallest absolute Gasteiger partial charge is 0.270 e. The Morgan fingerprint density at radius 3 is 2.70 bits per heavy atom. The Labute approximate surface area is 139 Å². The van der Waals surface area contributed by atoms with Gasteiger partial charge in [-0.1, -0.05) is 48.5 Å². The summed E-state index contributed by atoms with van der Waals surface area (Å²) in [6, 6.07) is 18.2. The Morgan fingerprint density at radius 2 is 1.87 bits per heavy atom. The Morgan fingerprint density at radius 1 is 1.13 bits per heavy atom. The quantitative estimate of drug-likeness (QED) is 0.701. The maximum Gasteiger partial charge on any atom is 0.270 e. The molecule has 1 aromatic heterocycles. The summed E-state index contributed by atoms with van der Waals surface area (Å²) < 4.78 is 0. The van der Waals surface area contributed by atoms with Crippen molar-refractivity contribution in [2.45, 2.75) is 19.4 Å². The van der Waals surface area contributed by atoms with Gasteiger partial charge in [-0.15, -0.1) is 11.3 Å². The van der Waals surface area contributed by atoms with Crippen LogP contribution in [-0.2, 0) is 6.42 Å². The molecule has 1 atom stereocenters. The van der Waals surface area contributed by atoms with Gasteiger partial charge in [-0.2, -0.15) is 0 Å². The highest BCUT2D eigenvalue weighted by Gasteiger charge is 2.33. The van der Waals surface area contributed by atoms with Crippen molar-refractivity contribution < 1.29 is 4.79 Å². The summed E-state index contributed by atoms with van der Waals surface area (Å²) in [5, 5.41) is 0. The van der Waals surface area contributed by atoms with Crippen LogP contribution in [0.15, 0.2) is 60.1 Å². The van der Waals surface area contributed by atoms with Gasteiger partial charge in [0, 0.05) is 17.3 Å². The van der Waals surface area contributed by atoms with Crippen LogP contribution in [0.4, 0.5) is 5.69 Å². The molecule has 2 aromatic carbocycles. The molecule has 2 heterocycles. The number of carbonyl (C=O) groups is 1. The van der Waals surface area contributed by atoms with Crippen LogP contribution >= 0.6 is 11.3 Å². The fraction of sp³-hybridized carbons (Fsp3) is 0.158. The average molecular weight is 320 g/mol. The van der Waals surface area contributed by atoms with Crippen molar-refractivity contribution in [2.24, 2.45) is 0 Å². The number of rotatable bonds is 2. The lowest BCUT2D eigenvalue weighted by molar-refractivity contribution is 0.0986. The van der Waals surface area contributed by atoms with E-state index in [0.29, 0.717) is 4.88 Å². The highest BCUT2D eigenvalue weighted by atomic mass is 32.1. The molecule has 0 spiro atoms. The number of anilines is 1. The normalized spacial score (nSPS) is 16.4. The zero-order valence-corrected chi connectivity index (χ0v) is 13.6. The topological polar surface area (TPSA) is 33.2 Å². The third-order valence-electron chi connectivity index (χ3n) is 4.23. The molecule has 0 aliphatic carbocycles. The summed E-state index contributed by atoms with van der Waals surface area (Å²) in [6.45, 7) is 2.10. The summed E-state index contributed by atoms with van der Waals surface area (Å²) in [7, 11) is 0. The van der Waals surface area contributed by atoms with Gasteiger partial charge in [0.05, 0.1) is 11.2 Å². The molecule has 0 fully saturated rings. The second-order valence-corrected chi connectivity index (χ2v) is 6.61. The van der Waals surface area contributed by atoms with Crippen LogP contribution in [0.5, 0.6) is 0 Å². The van der Waals surface area contributed by atoms with E-state index in [1.165, 1.54) is 16.9 Å². The second-order valence-electron chi connectivity index (χ2n) is 5.75. The molecule has 1 aliphatic rings. The molecule has 0 bridgehead atoms. The molecule has 1 amide bonds. The van der Waals surface area contributed by atoms with Gasteiger partial charge in [0.1, 0.15) is 4.88 Å². The Balaban J connectivity index is 1.76. The number of amides is 1. The number of fused-ring (bicyclic) bond motifs is 1. The van der Waals surface area contributed by atoms with Gasteiger partial charge in [-0.3, -0.25) is 4.79 Å². The minimum Gasteiger partial charge on any atom is -0.304 e. The van der Waals surface area contributed by atoms with E-state index in [-0.39, 0.29) is 11.9 Å². The van der Waals surface area contributed by atoms with Crippen LogP contribution in [0.2, 0.25) is 0 Å². The van der Waals surface area contributed by atoms with E-state index in [0.717, 1.165) is 23.4 Å². The average Bonchev–Trinajstić information content (AvgIpc) is 3.18. The summed E-state index contributed by atoms with van der Waals surface area (Å²) in [4.78, 5) is 20.2. The number of thiazole rings is 1. The van der Waals surface area contributed by atoms with Gasteiger partial charge < -0.3 is 4.90 Å². The standard InChI is InChI=1S/C19H16N2OS/c1-13-11-15-9-5-6-10-16(15)21(13)19(22)18-17(20-12-23-18)14-7-3-2-4-8-14/h2-10,12-13H,11H2,1H3. The molecule has 1 unspecified atom stereocenters. The van der Waals surface area contributed by atoms with Crippen molar-refractivity contribution in [3.05, 3.63) is 70.5 Å². The van der Waals surface area contributed by atoms with E-state index in [4.69, 9.17) is 0 Å². The molecule has 3 aromatic rings. The molecule has 0 radical (unpaired) electrons. The van der Waals surface area contributed by atoms with Crippen LogP contribution in [0.3, 0.4) is 0 Å². The summed E-state index contributed by atoms with van der Waals surface area (Å²) in [5.74, 6) is 0.0452. The van der Waals surface area contributed by atoms with Gasteiger partial charge in [0.2, 0.25) is 0 Å². The molecule has 3 nitrogen and oxygen atoms in total. The lowest BCUT2D eigenvalue weighted by atomic mass is 10.1. The minimum atomic E-state index is 0.0452. The molecule has 114 valence electrons. The minimum absolute atomic E-state index is 0.0452. The summed E-state index contributed by atoms with van der Waals surface area (Å²) in [5.41, 5.74) is 5.77. The first-order valence-corrected chi connectivity index (χ1v) is 8.54. The van der Waals surface area contributed by atoms with Crippen molar-refractivity contribution >= 4 is 22.9 Å². The van der Waals surface area contributed by atoms with Crippen molar-refractivity contribution in [2.75, 3.05) is 4.90 Å². The molecule has 1 aliphatic heterocycles. The van der Waals surface area contributed by atoms with Crippen molar-refractivity contribution in [1.82, 2.24) is 4.98 Å². The van der Waals surface area contributed by atoms with Crippen molar-refractivity contribution in [3.63, 3.8) is 0 Å². The fourth-order valence-electron chi connectivity index (χ4n) is 3.18. The van der Waals surface area contributed by atoms with E-state index in [1.807, 2.05) is 53.4 Å². The fourth-order valence-corrected chi connectivity index (χ4v) is 3.93. The molecule has 4 heteroatoms.